The Morgan fingerprint density at radius 2 is 1.68 bits per heavy atom. The summed E-state index contributed by atoms with van der Waals surface area (Å²) in [6.45, 7) is 8.47. The number of rotatable bonds is 1. The molecular weight excluding hydrogens is 334 g/mol. The minimum Gasteiger partial charge on any atom is -0.454 e. The molecule has 2 aliphatic heterocycles. The van der Waals surface area contributed by atoms with Gasteiger partial charge in [-0.15, -0.1) is 0 Å². The summed E-state index contributed by atoms with van der Waals surface area (Å²) in [5.41, 5.74) is 1.73. The summed E-state index contributed by atoms with van der Waals surface area (Å²) in [5, 5.41) is 0.614. The smallest absolute Gasteiger partial charge is 0.154 e. The molecule has 0 aromatic heterocycles. The maximum atomic E-state index is 6.41. The van der Waals surface area contributed by atoms with Crippen LogP contribution >= 0.6 is 11.6 Å². The van der Waals surface area contributed by atoms with E-state index < -0.39 is 0 Å². The third kappa shape index (κ3) is 3.12. The van der Waals surface area contributed by atoms with E-state index in [-0.39, 0.29) is 0 Å². The lowest BCUT2D eigenvalue weighted by Gasteiger charge is -2.38. The van der Waals surface area contributed by atoms with Gasteiger partial charge in [-0.2, -0.15) is 0 Å². The van der Waals surface area contributed by atoms with Gasteiger partial charge in [-0.25, -0.2) is 4.99 Å². The summed E-state index contributed by atoms with van der Waals surface area (Å²) < 4.78 is 6.13. The molecule has 0 saturated carbocycles. The molecule has 2 aliphatic rings. The molecule has 4 nitrogen and oxygen atoms in total. The van der Waals surface area contributed by atoms with Gasteiger partial charge in [0.1, 0.15) is 17.3 Å². The molecule has 2 aromatic rings. The van der Waals surface area contributed by atoms with Crippen molar-refractivity contribution < 1.29 is 4.74 Å². The van der Waals surface area contributed by atoms with Crippen molar-refractivity contribution in [1.82, 2.24) is 9.80 Å². The highest BCUT2D eigenvalue weighted by Crippen LogP contribution is 2.42. The van der Waals surface area contributed by atoms with Crippen LogP contribution in [0.1, 0.15) is 19.4 Å². The van der Waals surface area contributed by atoms with Gasteiger partial charge in [0.25, 0.3) is 0 Å². The lowest BCUT2D eigenvalue weighted by molar-refractivity contribution is 0.149. The van der Waals surface area contributed by atoms with E-state index in [9.17, 15) is 0 Å². The highest BCUT2D eigenvalue weighted by Gasteiger charge is 2.27. The van der Waals surface area contributed by atoms with E-state index in [1.165, 1.54) is 0 Å². The van der Waals surface area contributed by atoms with Crippen LogP contribution in [-0.2, 0) is 0 Å². The number of halogens is 1. The van der Waals surface area contributed by atoms with Gasteiger partial charge < -0.3 is 9.64 Å². The molecule has 0 amide bonds. The van der Waals surface area contributed by atoms with Crippen LogP contribution in [0.25, 0.3) is 0 Å². The zero-order chi connectivity index (χ0) is 17.4. The number of piperazine rings is 1. The van der Waals surface area contributed by atoms with Crippen molar-refractivity contribution in [3.05, 3.63) is 53.1 Å². The fourth-order valence-corrected chi connectivity index (χ4v) is 3.61. The van der Waals surface area contributed by atoms with Crippen LogP contribution < -0.4 is 4.74 Å². The Morgan fingerprint density at radius 1 is 0.960 bits per heavy atom. The normalized spacial score (nSPS) is 17.4. The fraction of sp³-hybridized carbons (Fsp3) is 0.350. The zero-order valence-corrected chi connectivity index (χ0v) is 15.3. The van der Waals surface area contributed by atoms with Gasteiger partial charge in [0.15, 0.2) is 5.75 Å². The molecule has 1 fully saturated rings. The topological polar surface area (TPSA) is 28.1 Å². The first-order valence-electron chi connectivity index (χ1n) is 8.77. The highest BCUT2D eigenvalue weighted by molar-refractivity contribution is 6.33. The van der Waals surface area contributed by atoms with Gasteiger partial charge in [-0.05, 0) is 38.1 Å². The van der Waals surface area contributed by atoms with Crippen LogP contribution in [0.15, 0.2) is 47.5 Å². The van der Waals surface area contributed by atoms with Crippen molar-refractivity contribution in [2.24, 2.45) is 4.99 Å². The van der Waals surface area contributed by atoms with Crippen LogP contribution in [0.4, 0.5) is 5.69 Å². The van der Waals surface area contributed by atoms with Crippen molar-refractivity contribution in [2.75, 3.05) is 26.2 Å². The zero-order valence-electron chi connectivity index (χ0n) is 14.6. The van der Waals surface area contributed by atoms with Crippen molar-refractivity contribution in [3.8, 4) is 11.5 Å². The van der Waals surface area contributed by atoms with E-state index >= 15 is 0 Å². The van der Waals surface area contributed by atoms with Crippen LogP contribution in [0, 0.1) is 0 Å². The number of amidine groups is 1. The number of para-hydroxylation sites is 2. The summed E-state index contributed by atoms with van der Waals surface area (Å²) in [4.78, 5) is 9.78. The number of benzene rings is 2. The molecule has 0 radical (unpaired) electrons. The van der Waals surface area contributed by atoms with Crippen LogP contribution in [-0.4, -0.2) is 47.9 Å². The second kappa shape index (κ2) is 6.70. The van der Waals surface area contributed by atoms with Crippen molar-refractivity contribution in [2.45, 2.75) is 19.9 Å². The lowest BCUT2D eigenvalue weighted by atomic mass is 10.1. The quantitative estimate of drug-likeness (QED) is 0.751. The number of aliphatic imine (C=N–C) groups is 1. The highest BCUT2D eigenvalue weighted by atomic mass is 35.5. The molecule has 5 heteroatoms. The van der Waals surface area contributed by atoms with Gasteiger partial charge in [0.05, 0.1) is 10.6 Å². The Labute approximate surface area is 153 Å². The van der Waals surface area contributed by atoms with Crippen LogP contribution in [0.2, 0.25) is 5.02 Å². The standard InChI is InChI=1S/C20H22ClN3O/c1-14(2)23-10-12-24(13-11-23)20-15-6-3-4-8-17(15)25-18-9-5-7-16(21)19(18)22-20/h3-9,14H,10-13H2,1-2H3. The minimum absolute atomic E-state index is 0.573. The Morgan fingerprint density at radius 3 is 2.44 bits per heavy atom. The average Bonchev–Trinajstić information content (AvgIpc) is 2.79. The number of hydrogen-bond donors (Lipinski definition) is 0. The third-order valence-corrected chi connectivity index (χ3v) is 5.16. The summed E-state index contributed by atoms with van der Waals surface area (Å²) in [6.07, 6.45) is 0. The average molecular weight is 356 g/mol. The van der Waals surface area contributed by atoms with Crippen LogP contribution in [0.5, 0.6) is 11.5 Å². The van der Waals surface area contributed by atoms with E-state index in [0.717, 1.165) is 43.3 Å². The number of ether oxygens (including phenoxy) is 1. The number of hydrogen-bond acceptors (Lipinski definition) is 4. The molecule has 25 heavy (non-hydrogen) atoms. The van der Waals surface area contributed by atoms with Gasteiger partial charge in [0.2, 0.25) is 0 Å². The Balaban J connectivity index is 1.76. The Bertz CT molecular complexity index is 810. The Kier molecular flexibility index (Phi) is 4.40. The Hall–Kier alpha value is -2.04. The number of nitrogens with zero attached hydrogens (tertiary/aromatic N) is 3. The summed E-state index contributed by atoms with van der Waals surface area (Å²) in [6, 6.07) is 14.3. The molecule has 0 aliphatic carbocycles. The summed E-state index contributed by atoms with van der Waals surface area (Å²) in [5.74, 6) is 2.48. The maximum absolute atomic E-state index is 6.41. The summed E-state index contributed by atoms with van der Waals surface area (Å²) in [7, 11) is 0. The number of fused-ring (bicyclic) bond motifs is 2. The first kappa shape index (κ1) is 16.4. The molecule has 1 saturated heterocycles. The molecule has 0 bridgehead atoms. The molecule has 0 N–H and O–H groups in total. The molecule has 130 valence electrons. The third-order valence-electron chi connectivity index (χ3n) is 4.86. The van der Waals surface area contributed by atoms with Crippen molar-refractivity contribution >= 4 is 23.1 Å². The van der Waals surface area contributed by atoms with Gasteiger partial charge in [-0.1, -0.05) is 29.8 Å². The predicted molar refractivity (Wildman–Crippen MR) is 102 cm³/mol. The van der Waals surface area contributed by atoms with E-state index in [1.807, 2.05) is 36.4 Å². The lowest BCUT2D eigenvalue weighted by Crippen LogP contribution is -2.50. The van der Waals surface area contributed by atoms with Crippen molar-refractivity contribution in [3.63, 3.8) is 0 Å². The van der Waals surface area contributed by atoms with E-state index in [4.69, 9.17) is 21.3 Å². The van der Waals surface area contributed by atoms with Crippen molar-refractivity contribution in [1.29, 1.82) is 0 Å². The molecule has 0 atom stereocenters. The SMILES string of the molecule is CC(C)N1CCN(C2=Nc3c(Cl)cccc3Oc3ccccc32)CC1. The van der Waals surface area contributed by atoms with E-state index in [0.29, 0.717) is 22.5 Å². The molecule has 2 aromatic carbocycles. The second-order valence-corrected chi connectivity index (χ2v) is 7.14. The van der Waals surface area contributed by atoms with Crippen LogP contribution in [0.3, 0.4) is 0 Å². The monoisotopic (exact) mass is 355 g/mol. The second-order valence-electron chi connectivity index (χ2n) is 6.74. The first-order chi connectivity index (χ1) is 12.1. The minimum atomic E-state index is 0.573. The molecule has 0 spiro atoms. The molecular formula is C20H22ClN3O. The molecule has 0 unspecified atom stereocenters. The predicted octanol–water partition coefficient (Wildman–Crippen LogP) is 4.55. The van der Waals surface area contributed by atoms with Gasteiger partial charge in [0, 0.05) is 32.2 Å². The molecule has 4 rings (SSSR count). The fourth-order valence-electron chi connectivity index (χ4n) is 3.40. The van der Waals surface area contributed by atoms with Gasteiger partial charge >= 0.3 is 0 Å². The van der Waals surface area contributed by atoms with Gasteiger partial charge in [-0.3, -0.25) is 4.90 Å². The van der Waals surface area contributed by atoms with E-state index in [1.54, 1.807) is 0 Å². The molecule has 2 heterocycles. The van der Waals surface area contributed by atoms with E-state index in [2.05, 4.69) is 29.7 Å². The largest absolute Gasteiger partial charge is 0.454 e. The first-order valence-corrected chi connectivity index (χ1v) is 9.15. The summed E-state index contributed by atoms with van der Waals surface area (Å²) >= 11 is 6.41. The maximum Gasteiger partial charge on any atom is 0.154 e.